The molecule has 0 spiro atoms. The molecule has 1 heterocycles. The maximum atomic E-state index is 5.36. The van der Waals surface area contributed by atoms with Gasteiger partial charge in [0.15, 0.2) is 11.6 Å². The molecule has 0 unspecified atom stereocenters. The van der Waals surface area contributed by atoms with Crippen LogP contribution in [-0.4, -0.2) is 24.1 Å². The van der Waals surface area contributed by atoms with Gasteiger partial charge in [-0.25, -0.2) is 9.97 Å². The van der Waals surface area contributed by atoms with Gasteiger partial charge in [-0.15, -0.1) is 0 Å². The fourth-order valence-corrected chi connectivity index (χ4v) is 1.66. The van der Waals surface area contributed by atoms with Gasteiger partial charge in [-0.3, -0.25) is 0 Å². The molecule has 0 saturated heterocycles. The lowest BCUT2D eigenvalue weighted by Gasteiger charge is -2.11. The molecule has 0 aliphatic rings. The number of hydrogen-bond acceptors (Lipinski definition) is 4. The normalized spacial score (nSPS) is 10.1. The van der Waals surface area contributed by atoms with Crippen LogP contribution in [0.1, 0.15) is 5.56 Å². The average Bonchev–Trinajstić information content (AvgIpc) is 2.38. The highest BCUT2D eigenvalue weighted by Crippen LogP contribution is 2.32. The number of benzene rings is 1. The minimum atomic E-state index is 0.666. The molecule has 0 saturated carbocycles. The number of ether oxygens (including phenoxy) is 1. The molecule has 4 heteroatoms. The topological polar surface area (TPSA) is 47.0 Å². The van der Waals surface area contributed by atoms with Gasteiger partial charge in [-0.05, 0) is 6.92 Å². The highest BCUT2D eigenvalue weighted by atomic mass is 16.5. The molecular weight excluding hydrogens is 214 g/mol. The largest absolute Gasteiger partial charge is 0.491 e. The van der Waals surface area contributed by atoms with E-state index in [4.69, 9.17) is 4.74 Å². The molecule has 0 fully saturated rings. The van der Waals surface area contributed by atoms with Gasteiger partial charge < -0.3 is 10.1 Å². The van der Waals surface area contributed by atoms with E-state index in [9.17, 15) is 0 Å². The van der Waals surface area contributed by atoms with Crippen molar-refractivity contribution < 1.29 is 4.74 Å². The molecule has 1 aromatic heterocycles. The number of anilines is 1. The first-order chi connectivity index (χ1) is 8.26. The molecule has 4 nitrogen and oxygen atoms in total. The number of aromatic nitrogens is 2. The van der Waals surface area contributed by atoms with Crippen molar-refractivity contribution in [3.8, 4) is 17.0 Å². The Balaban J connectivity index is 2.54. The Kier molecular flexibility index (Phi) is 3.23. The van der Waals surface area contributed by atoms with E-state index in [-0.39, 0.29) is 0 Å². The quantitative estimate of drug-likeness (QED) is 0.878. The third-order valence-corrected chi connectivity index (χ3v) is 2.57. The molecule has 0 amide bonds. The Hall–Kier alpha value is -2.10. The van der Waals surface area contributed by atoms with E-state index in [2.05, 4.69) is 34.3 Å². The Labute approximate surface area is 101 Å². The van der Waals surface area contributed by atoms with Crippen LogP contribution in [0.15, 0.2) is 30.6 Å². The zero-order chi connectivity index (χ0) is 12.3. The van der Waals surface area contributed by atoms with Gasteiger partial charge in [-0.2, -0.15) is 0 Å². The second-order valence-corrected chi connectivity index (χ2v) is 3.72. The number of nitrogens with one attached hydrogen (secondary N) is 1. The van der Waals surface area contributed by atoms with Crippen molar-refractivity contribution in [2.45, 2.75) is 6.92 Å². The van der Waals surface area contributed by atoms with E-state index in [0.717, 1.165) is 11.3 Å². The summed E-state index contributed by atoms with van der Waals surface area (Å²) in [6, 6.07) is 8.16. The predicted octanol–water partition coefficient (Wildman–Crippen LogP) is 2.50. The number of hydrogen-bond donors (Lipinski definition) is 1. The molecule has 2 aromatic rings. The molecule has 0 radical (unpaired) electrons. The maximum Gasteiger partial charge on any atom is 0.187 e. The first-order valence-corrected chi connectivity index (χ1v) is 5.40. The van der Waals surface area contributed by atoms with Gasteiger partial charge in [0.2, 0.25) is 0 Å². The molecule has 88 valence electrons. The number of nitrogens with zero attached hydrogens (tertiary/aromatic N) is 2. The van der Waals surface area contributed by atoms with Crippen molar-refractivity contribution in [2.75, 3.05) is 19.5 Å². The molecule has 0 aliphatic carbocycles. The SMILES string of the molecule is CNc1ncnc(-c2ccc(C)cc2)c1OC. The van der Waals surface area contributed by atoms with E-state index >= 15 is 0 Å². The summed E-state index contributed by atoms with van der Waals surface area (Å²) in [6.45, 7) is 2.06. The number of aryl methyl sites for hydroxylation is 1. The molecule has 1 aromatic carbocycles. The van der Waals surface area contributed by atoms with Gasteiger partial charge >= 0.3 is 0 Å². The lowest BCUT2D eigenvalue weighted by Crippen LogP contribution is -2.00. The van der Waals surface area contributed by atoms with Crippen LogP contribution in [0.3, 0.4) is 0 Å². The first kappa shape index (κ1) is 11.4. The van der Waals surface area contributed by atoms with E-state index in [1.54, 1.807) is 7.11 Å². The zero-order valence-electron chi connectivity index (χ0n) is 10.2. The summed E-state index contributed by atoms with van der Waals surface area (Å²) in [6.07, 6.45) is 1.53. The molecule has 0 bridgehead atoms. The van der Waals surface area contributed by atoms with Crippen molar-refractivity contribution in [1.82, 2.24) is 9.97 Å². The molecule has 1 N–H and O–H groups in total. The lowest BCUT2D eigenvalue weighted by molar-refractivity contribution is 0.415. The van der Waals surface area contributed by atoms with Crippen molar-refractivity contribution >= 4 is 5.82 Å². The van der Waals surface area contributed by atoms with Crippen molar-refractivity contribution in [2.24, 2.45) is 0 Å². The van der Waals surface area contributed by atoms with Gasteiger partial charge in [0.05, 0.1) is 7.11 Å². The second-order valence-electron chi connectivity index (χ2n) is 3.72. The average molecular weight is 229 g/mol. The van der Waals surface area contributed by atoms with E-state index in [1.165, 1.54) is 11.9 Å². The van der Waals surface area contributed by atoms with Crippen LogP contribution in [0.2, 0.25) is 0 Å². The minimum Gasteiger partial charge on any atom is -0.491 e. The molecule has 17 heavy (non-hydrogen) atoms. The molecule has 0 atom stereocenters. The fraction of sp³-hybridized carbons (Fsp3) is 0.231. The van der Waals surface area contributed by atoms with E-state index < -0.39 is 0 Å². The summed E-state index contributed by atoms with van der Waals surface area (Å²) in [5.74, 6) is 1.36. The van der Waals surface area contributed by atoms with Crippen molar-refractivity contribution in [3.05, 3.63) is 36.2 Å². The monoisotopic (exact) mass is 229 g/mol. The predicted molar refractivity (Wildman–Crippen MR) is 68.3 cm³/mol. The smallest absolute Gasteiger partial charge is 0.187 e. The van der Waals surface area contributed by atoms with Crippen LogP contribution in [0, 0.1) is 6.92 Å². The minimum absolute atomic E-state index is 0.666. The number of rotatable bonds is 3. The van der Waals surface area contributed by atoms with E-state index in [0.29, 0.717) is 11.6 Å². The van der Waals surface area contributed by atoms with Crippen molar-refractivity contribution in [1.29, 1.82) is 0 Å². The second kappa shape index (κ2) is 4.82. The fourth-order valence-electron chi connectivity index (χ4n) is 1.66. The highest BCUT2D eigenvalue weighted by Gasteiger charge is 2.12. The van der Waals surface area contributed by atoms with Crippen LogP contribution < -0.4 is 10.1 Å². The van der Waals surface area contributed by atoms with E-state index in [1.807, 2.05) is 19.2 Å². The molecule has 2 rings (SSSR count). The summed E-state index contributed by atoms with van der Waals surface area (Å²) in [7, 11) is 3.43. The van der Waals surface area contributed by atoms with Gasteiger partial charge in [0, 0.05) is 12.6 Å². The van der Waals surface area contributed by atoms with Crippen LogP contribution in [0.5, 0.6) is 5.75 Å². The Morgan fingerprint density at radius 3 is 2.41 bits per heavy atom. The summed E-state index contributed by atoms with van der Waals surface area (Å²) in [5, 5.41) is 2.99. The molecule has 0 aliphatic heterocycles. The molecular formula is C13H15N3O. The first-order valence-electron chi connectivity index (χ1n) is 5.40. The summed E-state index contributed by atoms with van der Waals surface area (Å²) < 4.78 is 5.36. The van der Waals surface area contributed by atoms with Crippen LogP contribution >= 0.6 is 0 Å². The summed E-state index contributed by atoms with van der Waals surface area (Å²) in [5.41, 5.74) is 3.04. The van der Waals surface area contributed by atoms with Crippen LogP contribution in [-0.2, 0) is 0 Å². The highest BCUT2D eigenvalue weighted by molar-refractivity contribution is 5.72. The van der Waals surface area contributed by atoms with Crippen molar-refractivity contribution in [3.63, 3.8) is 0 Å². The summed E-state index contributed by atoms with van der Waals surface area (Å²) >= 11 is 0. The maximum absolute atomic E-state index is 5.36. The zero-order valence-corrected chi connectivity index (χ0v) is 10.2. The van der Waals surface area contributed by atoms with Gasteiger partial charge in [-0.1, -0.05) is 29.8 Å². The standard InChI is InChI=1S/C13H15N3O/c1-9-4-6-10(7-5-9)11-12(17-3)13(14-2)16-8-15-11/h4-8H,1-3H3,(H,14,15,16). The van der Waals surface area contributed by atoms with Gasteiger partial charge in [0.1, 0.15) is 12.0 Å². The van der Waals surface area contributed by atoms with Crippen LogP contribution in [0.25, 0.3) is 11.3 Å². The third kappa shape index (κ3) is 2.20. The Morgan fingerprint density at radius 2 is 1.82 bits per heavy atom. The summed E-state index contributed by atoms with van der Waals surface area (Å²) in [4.78, 5) is 8.41. The Bertz CT molecular complexity index is 509. The number of methoxy groups -OCH3 is 1. The lowest BCUT2D eigenvalue weighted by atomic mass is 10.1. The van der Waals surface area contributed by atoms with Crippen LogP contribution in [0.4, 0.5) is 5.82 Å². The third-order valence-electron chi connectivity index (χ3n) is 2.57. The van der Waals surface area contributed by atoms with Gasteiger partial charge in [0.25, 0.3) is 0 Å². The Morgan fingerprint density at radius 1 is 1.12 bits per heavy atom.